The maximum Gasteiger partial charge on any atom is 0.164 e. The summed E-state index contributed by atoms with van der Waals surface area (Å²) < 4.78 is 5.73. The number of hydrogen-bond donors (Lipinski definition) is 0. The monoisotopic (exact) mass is 366 g/mol. The van der Waals surface area contributed by atoms with Crippen LogP contribution in [0.25, 0.3) is 21.6 Å². The van der Waals surface area contributed by atoms with Gasteiger partial charge in [-0.1, -0.05) is 6.92 Å². The maximum absolute atomic E-state index is 5.73. The first-order chi connectivity index (χ1) is 12.8. The number of ether oxygens (including phenoxy) is 1. The van der Waals surface area contributed by atoms with Crippen LogP contribution >= 0.6 is 11.3 Å². The van der Waals surface area contributed by atoms with E-state index in [4.69, 9.17) is 14.7 Å². The molecule has 1 aliphatic heterocycles. The molecule has 26 heavy (non-hydrogen) atoms. The zero-order valence-corrected chi connectivity index (χ0v) is 15.8. The molecule has 0 spiro atoms. The first-order valence-electron chi connectivity index (χ1n) is 9.42. The van der Waals surface area contributed by atoms with Crippen molar-refractivity contribution in [2.45, 2.75) is 38.6 Å². The second-order valence-corrected chi connectivity index (χ2v) is 8.06. The molecule has 1 atom stereocenters. The van der Waals surface area contributed by atoms with E-state index in [1.165, 1.54) is 28.7 Å². The molecule has 1 unspecified atom stereocenters. The molecular weight excluding hydrogens is 344 g/mol. The normalized spacial score (nSPS) is 19.9. The summed E-state index contributed by atoms with van der Waals surface area (Å²) in [5.74, 6) is 1.88. The molecular formula is C20H22N4OS. The van der Waals surface area contributed by atoms with E-state index in [0.29, 0.717) is 6.04 Å². The minimum Gasteiger partial charge on any atom is -0.377 e. The van der Waals surface area contributed by atoms with Gasteiger partial charge in [-0.15, -0.1) is 11.3 Å². The van der Waals surface area contributed by atoms with Gasteiger partial charge >= 0.3 is 0 Å². The number of rotatable bonds is 3. The average molecular weight is 366 g/mol. The highest BCUT2D eigenvalue weighted by Gasteiger charge is 2.29. The zero-order valence-electron chi connectivity index (χ0n) is 14.9. The van der Waals surface area contributed by atoms with Crippen LogP contribution in [-0.4, -0.2) is 40.8 Å². The largest absolute Gasteiger partial charge is 0.377 e. The molecule has 3 aromatic heterocycles. The second-order valence-electron chi connectivity index (χ2n) is 6.98. The third-order valence-electron chi connectivity index (χ3n) is 5.44. The standard InChI is InChI=1S/C20H22N4OS/c1-2-14-12-25-10-9-24(14)19-17-15-6-3-7-16(15)26-20(17)23-18(22-19)13-5-4-8-21-11-13/h4-5,8,11,14H,2-3,6-7,9-10,12H2,1H3. The van der Waals surface area contributed by atoms with Crippen molar-refractivity contribution >= 4 is 27.4 Å². The number of thiophene rings is 1. The predicted molar refractivity (Wildman–Crippen MR) is 105 cm³/mol. The number of aromatic nitrogens is 3. The lowest BCUT2D eigenvalue weighted by molar-refractivity contribution is 0.0927. The number of morpholine rings is 1. The van der Waals surface area contributed by atoms with Crippen LogP contribution in [0.15, 0.2) is 24.5 Å². The van der Waals surface area contributed by atoms with Gasteiger partial charge in [0.1, 0.15) is 10.6 Å². The van der Waals surface area contributed by atoms with Crippen molar-refractivity contribution in [3.8, 4) is 11.4 Å². The van der Waals surface area contributed by atoms with Crippen molar-refractivity contribution in [2.24, 2.45) is 0 Å². The van der Waals surface area contributed by atoms with E-state index in [9.17, 15) is 0 Å². The Hall–Kier alpha value is -2.05. The number of nitrogens with zero attached hydrogens (tertiary/aromatic N) is 4. The van der Waals surface area contributed by atoms with Crippen LogP contribution in [0, 0.1) is 0 Å². The molecule has 0 radical (unpaired) electrons. The lowest BCUT2D eigenvalue weighted by atomic mass is 10.1. The van der Waals surface area contributed by atoms with E-state index in [-0.39, 0.29) is 0 Å². The summed E-state index contributed by atoms with van der Waals surface area (Å²) >= 11 is 1.85. The Morgan fingerprint density at radius 2 is 2.27 bits per heavy atom. The van der Waals surface area contributed by atoms with E-state index in [0.717, 1.165) is 54.6 Å². The molecule has 4 heterocycles. The minimum absolute atomic E-state index is 0.376. The first-order valence-corrected chi connectivity index (χ1v) is 10.2. The number of hydrogen-bond acceptors (Lipinski definition) is 6. The Balaban J connectivity index is 1.73. The van der Waals surface area contributed by atoms with Crippen LogP contribution in [0.5, 0.6) is 0 Å². The van der Waals surface area contributed by atoms with Gasteiger partial charge in [-0.2, -0.15) is 0 Å². The summed E-state index contributed by atoms with van der Waals surface area (Å²) in [5.41, 5.74) is 2.46. The average Bonchev–Trinajstić information content (AvgIpc) is 3.29. The van der Waals surface area contributed by atoms with E-state index in [1.807, 2.05) is 29.7 Å². The molecule has 6 heteroatoms. The van der Waals surface area contributed by atoms with Gasteiger partial charge in [-0.25, -0.2) is 9.97 Å². The molecule has 5 rings (SSSR count). The second kappa shape index (κ2) is 6.59. The highest BCUT2D eigenvalue weighted by atomic mass is 32.1. The van der Waals surface area contributed by atoms with Gasteiger partial charge in [0.2, 0.25) is 0 Å². The third kappa shape index (κ3) is 2.59. The SMILES string of the molecule is CCC1COCCN1c1nc(-c2cccnc2)nc2sc3c(c12)CCC3. The molecule has 3 aromatic rings. The molecule has 2 aliphatic rings. The maximum atomic E-state index is 5.73. The molecule has 1 aliphatic carbocycles. The quantitative estimate of drug-likeness (QED) is 0.704. The van der Waals surface area contributed by atoms with Crippen LogP contribution in [0.3, 0.4) is 0 Å². The van der Waals surface area contributed by atoms with E-state index in [2.05, 4.69) is 16.8 Å². The van der Waals surface area contributed by atoms with Gasteiger partial charge in [-0.05, 0) is 43.4 Å². The Labute approximate surface area is 157 Å². The fourth-order valence-corrected chi connectivity index (χ4v) is 5.34. The summed E-state index contributed by atoms with van der Waals surface area (Å²) in [4.78, 5) is 19.3. The Morgan fingerprint density at radius 3 is 3.12 bits per heavy atom. The van der Waals surface area contributed by atoms with Gasteiger partial charge in [0.05, 0.1) is 24.6 Å². The highest BCUT2D eigenvalue weighted by molar-refractivity contribution is 7.19. The van der Waals surface area contributed by atoms with Crippen LogP contribution < -0.4 is 4.90 Å². The fourth-order valence-electron chi connectivity index (χ4n) is 4.08. The van der Waals surface area contributed by atoms with Gasteiger partial charge in [-0.3, -0.25) is 4.98 Å². The molecule has 0 amide bonds. The van der Waals surface area contributed by atoms with Crippen molar-refractivity contribution in [3.63, 3.8) is 0 Å². The van der Waals surface area contributed by atoms with Gasteiger partial charge in [0.15, 0.2) is 5.82 Å². The number of pyridine rings is 1. The number of aryl methyl sites for hydroxylation is 2. The summed E-state index contributed by atoms with van der Waals surface area (Å²) in [5, 5.41) is 1.29. The summed E-state index contributed by atoms with van der Waals surface area (Å²) in [7, 11) is 0. The smallest absolute Gasteiger partial charge is 0.164 e. The molecule has 0 saturated carbocycles. The van der Waals surface area contributed by atoms with Gasteiger partial charge in [0, 0.05) is 29.4 Å². The minimum atomic E-state index is 0.376. The summed E-state index contributed by atoms with van der Waals surface area (Å²) in [6, 6.07) is 4.36. The Morgan fingerprint density at radius 1 is 1.31 bits per heavy atom. The summed E-state index contributed by atoms with van der Waals surface area (Å²) in [6.45, 7) is 4.65. The third-order valence-corrected chi connectivity index (χ3v) is 6.62. The van der Waals surface area contributed by atoms with Crippen LogP contribution in [0.2, 0.25) is 0 Å². The van der Waals surface area contributed by atoms with Crippen molar-refractivity contribution in [1.29, 1.82) is 0 Å². The van der Waals surface area contributed by atoms with Crippen LogP contribution in [0.1, 0.15) is 30.2 Å². The van der Waals surface area contributed by atoms with E-state index >= 15 is 0 Å². The zero-order chi connectivity index (χ0) is 17.5. The van der Waals surface area contributed by atoms with Crippen molar-refractivity contribution in [2.75, 3.05) is 24.7 Å². The molecule has 1 saturated heterocycles. The van der Waals surface area contributed by atoms with Gasteiger partial charge in [0.25, 0.3) is 0 Å². The van der Waals surface area contributed by atoms with Crippen LogP contribution in [-0.2, 0) is 17.6 Å². The molecule has 1 fully saturated rings. The topological polar surface area (TPSA) is 51.1 Å². The van der Waals surface area contributed by atoms with E-state index in [1.54, 1.807) is 6.20 Å². The summed E-state index contributed by atoms with van der Waals surface area (Å²) in [6.07, 6.45) is 8.28. The molecule has 0 aromatic carbocycles. The van der Waals surface area contributed by atoms with E-state index < -0.39 is 0 Å². The highest BCUT2D eigenvalue weighted by Crippen LogP contribution is 2.42. The van der Waals surface area contributed by atoms with Crippen molar-refractivity contribution in [3.05, 3.63) is 35.0 Å². The molecule has 5 nitrogen and oxygen atoms in total. The van der Waals surface area contributed by atoms with Gasteiger partial charge < -0.3 is 9.64 Å². The Kier molecular flexibility index (Phi) is 4.10. The first kappa shape index (κ1) is 16.1. The predicted octanol–water partition coefficient (Wildman–Crippen LogP) is 3.86. The Bertz CT molecular complexity index is 940. The fraction of sp³-hybridized carbons (Fsp3) is 0.450. The van der Waals surface area contributed by atoms with Crippen LogP contribution in [0.4, 0.5) is 5.82 Å². The lowest BCUT2D eigenvalue weighted by Gasteiger charge is -2.36. The molecule has 0 bridgehead atoms. The lowest BCUT2D eigenvalue weighted by Crippen LogP contribution is -2.45. The van der Waals surface area contributed by atoms with Crippen molar-refractivity contribution in [1.82, 2.24) is 15.0 Å². The molecule has 134 valence electrons. The number of anilines is 1. The molecule has 0 N–H and O–H groups in total. The number of fused-ring (bicyclic) bond motifs is 3. The van der Waals surface area contributed by atoms with Crippen molar-refractivity contribution < 1.29 is 4.74 Å².